The minimum atomic E-state index is -0.961. The van der Waals surface area contributed by atoms with Crippen LogP contribution >= 0.6 is 0 Å². The summed E-state index contributed by atoms with van der Waals surface area (Å²) in [5, 5.41) is 17.5. The molecule has 0 bridgehead atoms. The molecule has 9 heavy (non-hydrogen) atoms. The van der Waals surface area contributed by atoms with Crippen molar-refractivity contribution in [3.05, 3.63) is 0 Å². The highest BCUT2D eigenvalue weighted by Gasteiger charge is 1.82. The Morgan fingerprint density at radius 3 is 1.89 bits per heavy atom. The Labute approximate surface area is 54.5 Å². The van der Waals surface area contributed by atoms with E-state index in [0.29, 0.717) is 6.54 Å². The predicted molar refractivity (Wildman–Crippen MR) is 34.5 cm³/mol. The van der Waals surface area contributed by atoms with E-state index in [9.17, 15) is 4.79 Å². The fourth-order valence-corrected chi connectivity index (χ4v) is 0.151. The SMILES string of the molecule is CCNC(=O)O.CCO. The zero-order valence-corrected chi connectivity index (χ0v) is 5.72. The molecule has 0 radical (unpaired) electrons. The summed E-state index contributed by atoms with van der Waals surface area (Å²) >= 11 is 0. The van der Waals surface area contributed by atoms with E-state index in [1.54, 1.807) is 13.8 Å². The van der Waals surface area contributed by atoms with Crippen LogP contribution in [0.1, 0.15) is 13.8 Å². The van der Waals surface area contributed by atoms with Crippen molar-refractivity contribution in [2.75, 3.05) is 13.2 Å². The van der Waals surface area contributed by atoms with Gasteiger partial charge >= 0.3 is 6.09 Å². The van der Waals surface area contributed by atoms with E-state index in [2.05, 4.69) is 5.32 Å². The lowest BCUT2D eigenvalue weighted by Crippen LogP contribution is -2.19. The number of carbonyl (C=O) groups is 1. The van der Waals surface area contributed by atoms with E-state index in [-0.39, 0.29) is 6.61 Å². The summed E-state index contributed by atoms with van der Waals surface area (Å²) in [7, 11) is 0. The summed E-state index contributed by atoms with van der Waals surface area (Å²) in [6.45, 7) is 4.14. The maximum absolute atomic E-state index is 9.49. The second kappa shape index (κ2) is 10.3. The number of carboxylic acid groups (broad SMARTS) is 1. The molecule has 0 aliphatic heterocycles. The topological polar surface area (TPSA) is 69.6 Å². The lowest BCUT2D eigenvalue weighted by atomic mass is 10.8. The molecule has 0 aromatic carbocycles. The molecule has 0 aromatic rings. The largest absolute Gasteiger partial charge is 0.465 e. The highest BCUT2D eigenvalue weighted by molar-refractivity contribution is 5.64. The van der Waals surface area contributed by atoms with Crippen molar-refractivity contribution < 1.29 is 15.0 Å². The third kappa shape index (κ3) is 39.8. The molecule has 0 aliphatic carbocycles. The molecule has 0 spiro atoms. The Bertz CT molecular complexity index is 65.2. The van der Waals surface area contributed by atoms with Crippen molar-refractivity contribution in [2.24, 2.45) is 0 Å². The van der Waals surface area contributed by atoms with Gasteiger partial charge in [-0.05, 0) is 13.8 Å². The van der Waals surface area contributed by atoms with Gasteiger partial charge in [0.05, 0.1) is 0 Å². The molecular formula is C5H13NO3. The van der Waals surface area contributed by atoms with Gasteiger partial charge in [0.15, 0.2) is 0 Å². The van der Waals surface area contributed by atoms with Crippen molar-refractivity contribution in [1.29, 1.82) is 0 Å². The van der Waals surface area contributed by atoms with Crippen LogP contribution in [-0.4, -0.2) is 29.5 Å². The van der Waals surface area contributed by atoms with Crippen LogP contribution in [0.5, 0.6) is 0 Å². The molecule has 0 atom stereocenters. The van der Waals surface area contributed by atoms with Gasteiger partial charge in [-0.2, -0.15) is 0 Å². The number of nitrogens with one attached hydrogen (secondary N) is 1. The maximum atomic E-state index is 9.49. The van der Waals surface area contributed by atoms with Gasteiger partial charge in [-0.25, -0.2) is 4.79 Å². The van der Waals surface area contributed by atoms with Crippen LogP contribution in [0, 0.1) is 0 Å². The summed E-state index contributed by atoms with van der Waals surface area (Å²) < 4.78 is 0. The molecule has 0 aliphatic rings. The van der Waals surface area contributed by atoms with Gasteiger partial charge in [-0.1, -0.05) is 0 Å². The third-order valence-electron chi connectivity index (χ3n) is 0.328. The van der Waals surface area contributed by atoms with E-state index in [0.717, 1.165) is 0 Å². The van der Waals surface area contributed by atoms with Gasteiger partial charge < -0.3 is 15.5 Å². The molecule has 56 valence electrons. The monoisotopic (exact) mass is 135 g/mol. The van der Waals surface area contributed by atoms with Crippen LogP contribution in [0.25, 0.3) is 0 Å². The smallest absolute Gasteiger partial charge is 0.404 e. The Kier molecular flexibility index (Phi) is 12.6. The molecular weight excluding hydrogens is 122 g/mol. The highest BCUT2D eigenvalue weighted by atomic mass is 16.4. The fourth-order valence-electron chi connectivity index (χ4n) is 0.151. The zero-order valence-electron chi connectivity index (χ0n) is 5.72. The Balaban J connectivity index is 0. The molecule has 0 rings (SSSR count). The number of aliphatic hydroxyl groups excluding tert-OH is 1. The van der Waals surface area contributed by atoms with Crippen molar-refractivity contribution in [2.45, 2.75) is 13.8 Å². The quantitative estimate of drug-likeness (QED) is 0.483. The van der Waals surface area contributed by atoms with E-state index >= 15 is 0 Å². The van der Waals surface area contributed by atoms with Gasteiger partial charge in [0.1, 0.15) is 0 Å². The van der Waals surface area contributed by atoms with Gasteiger partial charge in [0.25, 0.3) is 0 Å². The van der Waals surface area contributed by atoms with E-state index in [4.69, 9.17) is 10.2 Å². The van der Waals surface area contributed by atoms with Gasteiger partial charge in [-0.15, -0.1) is 0 Å². The second-order valence-electron chi connectivity index (χ2n) is 1.15. The lowest BCUT2D eigenvalue weighted by Gasteiger charge is -1.87. The summed E-state index contributed by atoms with van der Waals surface area (Å²) in [6.07, 6.45) is -0.961. The van der Waals surface area contributed by atoms with Gasteiger partial charge in [-0.3, -0.25) is 0 Å². The van der Waals surface area contributed by atoms with Crippen LogP contribution in [0.4, 0.5) is 4.79 Å². The molecule has 0 heterocycles. The van der Waals surface area contributed by atoms with Crippen LogP contribution in [0.3, 0.4) is 0 Å². The van der Waals surface area contributed by atoms with Gasteiger partial charge in [0, 0.05) is 13.2 Å². The first kappa shape index (κ1) is 11.1. The summed E-state index contributed by atoms with van der Waals surface area (Å²) in [5.74, 6) is 0. The van der Waals surface area contributed by atoms with E-state index < -0.39 is 6.09 Å². The Hall–Kier alpha value is -0.770. The Morgan fingerprint density at radius 1 is 1.56 bits per heavy atom. The molecule has 0 aromatic heterocycles. The third-order valence-corrected chi connectivity index (χ3v) is 0.328. The predicted octanol–water partition coefficient (Wildman–Crippen LogP) is 0.273. The number of hydrogen-bond donors (Lipinski definition) is 3. The molecule has 0 fully saturated rings. The lowest BCUT2D eigenvalue weighted by molar-refractivity contribution is 0.195. The number of aliphatic hydroxyl groups is 1. The van der Waals surface area contributed by atoms with Crippen LogP contribution in [0.2, 0.25) is 0 Å². The number of hydrogen-bond acceptors (Lipinski definition) is 2. The summed E-state index contributed by atoms with van der Waals surface area (Å²) in [4.78, 5) is 9.49. The molecule has 3 N–H and O–H groups in total. The van der Waals surface area contributed by atoms with Crippen molar-refractivity contribution in [3.8, 4) is 0 Å². The van der Waals surface area contributed by atoms with Crippen LogP contribution < -0.4 is 5.32 Å². The summed E-state index contributed by atoms with van der Waals surface area (Å²) in [5.41, 5.74) is 0. The zero-order chi connectivity index (χ0) is 7.70. The molecule has 4 nitrogen and oxygen atoms in total. The van der Waals surface area contributed by atoms with E-state index in [1.807, 2.05) is 0 Å². The molecule has 4 heteroatoms. The van der Waals surface area contributed by atoms with Crippen molar-refractivity contribution in [3.63, 3.8) is 0 Å². The molecule has 1 amide bonds. The standard InChI is InChI=1S/C3H7NO2.C2H6O/c1-2-4-3(5)6;1-2-3/h4H,2H2,1H3,(H,5,6);3H,2H2,1H3. The number of rotatable bonds is 1. The minimum Gasteiger partial charge on any atom is -0.465 e. The first-order valence-electron chi connectivity index (χ1n) is 2.76. The number of amides is 1. The first-order valence-corrected chi connectivity index (χ1v) is 2.76. The molecule has 0 saturated carbocycles. The van der Waals surface area contributed by atoms with Crippen LogP contribution in [0.15, 0.2) is 0 Å². The van der Waals surface area contributed by atoms with E-state index in [1.165, 1.54) is 0 Å². The highest BCUT2D eigenvalue weighted by Crippen LogP contribution is 1.54. The molecule has 0 saturated heterocycles. The average molecular weight is 135 g/mol. The second-order valence-corrected chi connectivity index (χ2v) is 1.15. The normalized spacial score (nSPS) is 7.00. The molecule has 0 unspecified atom stereocenters. The average Bonchev–Trinajstić information content (AvgIpc) is 1.67. The van der Waals surface area contributed by atoms with Gasteiger partial charge in [0.2, 0.25) is 0 Å². The van der Waals surface area contributed by atoms with Crippen molar-refractivity contribution in [1.82, 2.24) is 5.32 Å². The Morgan fingerprint density at radius 2 is 1.89 bits per heavy atom. The minimum absolute atomic E-state index is 0.250. The van der Waals surface area contributed by atoms with Crippen molar-refractivity contribution >= 4 is 6.09 Å². The maximum Gasteiger partial charge on any atom is 0.404 e. The summed E-state index contributed by atoms with van der Waals surface area (Å²) in [6, 6.07) is 0. The first-order chi connectivity index (χ1) is 4.18. The fraction of sp³-hybridized carbons (Fsp3) is 0.800. The van der Waals surface area contributed by atoms with Crippen LogP contribution in [-0.2, 0) is 0 Å².